The number of ether oxygens (including phenoxy) is 2. The number of nitrogens with one attached hydrogen (secondary N) is 1. The van der Waals surface area contributed by atoms with E-state index >= 15 is 0 Å². The molecule has 2 heterocycles. The monoisotopic (exact) mass is 304 g/mol. The highest BCUT2D eigenvalue weighted by Crippen LogP contribution is 2.33. The van der Waals surface area contributed by atoms with E-state index in [-0.39, 0.29) is 30.7 Å². The molecule has 1 aromatic rings. The van der Waals surface area contributed by atoms with Crippen molar-refractivity contribution in [1.82, 2.24) is 10.2 Å². The largest absolute Gasteiger partial charge is 0.454 e. The molecule has 3 rings (SSSR count). The Morgan fingerprint density at radius 3 is 2.91 bits per heavy atom. The zero-order chi connectivity index (χ0) is 15.7. The van der Waals surface area contributed by atoms with Gasteiger partial charge in [0.05, 0.1) is 0 Å². The van der Waals surface area contributed by atoms with Crippen molar-refractivity contribution in [3.63, 3.8) is 0 Å². The van der Waals surface area contributed by atoms with Crippen molar-refractivity contribution in [3.8, 4) is 11.5 Å². The molecule has 0 aromatic heterocycles. The minimum absolute atomic E-state index is 0.0153. The van der Waals surface area contributed by atoms with Gasteiger partial charge in [-0.1, -0.05) is 6.07 Å². The van der Waals surface area contributed by atoms with E-state index in [4.69, 9.17) is 9.47 Å². The van der Waals surface area contributed by atoms with Gasteiger partial charge < -0.3 is 19.7 Å². The Bertz CT molecular complexity index is 600. The van der Waals surface area contributed by atoms with E-state index in [1.54, 1.807) is 4.90 Å². The van der Waals surface area contributed by atoms with Crippen LogP contribution in [-0.4, -0.2) is 35.6 Å². The summed E-state index contributed by atoms with van der Waals surface area (Å²) < 4.78 is 10.6. The number of carbonyl (C=O) groups is 2. The Balaban J connectivity index is 1.74. The van der Waals surface area contributed by atoms with E-state index in [0.717, 1.165) is 5.56 Å². The first kappa shape index (κ1) is 14.7. The minimum Gasteiger partial charge on any atom is -0.454 e. The molecule has 22 heavy (non-hydrogen) atoms. The van der Waals surface area contributed by atoms with Crippen LogP contribution in [0.5, 0.6) is 11.5 Å². The van der Waals surface area contributed by atoms with Gasteiger partial charge in [-0.25, -0.2) is 0 Å². The fourth-order valence-corrected chi connectivity index (χ4v) is 2.82. The van der Waals surface area contributed by atoms with Gasteiger partial charge in [0.15, 0.2) is 11.5 Å². The van der Waals surface area contributed by atoms with Crippen LogP contribution in [0.25, 0.3) is 0 Å². The highest BCUT2D eigenvalue weighted by atomic mass is 16.7. The first-order chi connectivity index (χ1) is 10.5. The molecule has 1 saturated heterocycles. The van der Waals surface area contributed by atoms with Crippen LogP contribution >= 0.6 is 0 Å². The standard InChI is InChI=1S/C16H20N2O4/c1-10(2)17-16(20)12-4-6-15(19)18(12)8-11-3-5-13-14(7-11)22-9-21-13/h3,5,7,10,12H,4,6,8-9H2,1-2H3,(H,17,20)/t12-/m1/s1. The smallest absolute Gasteiger partial charge is 0.243 e. The summed E-state index contributed by atoms with van der Waals surface area (Å²) in [5, 5.41) is 2.89. The van der Waals surface area contributed by atoms with Crippen molar-refractivity contribution >= 4 is 11.8 Å². The van der Waals surface area contributed by atoms with Gasteiger partial charge in [0, 0.05) is 19.0 Å². The third-order valence-electron chi connectivity index (χ3n) is 3.85. The Morgan fingerprint density at radius 2 is 2.14 bits per heavy atom. The van der Waals surface area contributed by atoms with Gasteiger partial charge in [-0.3, -0.25) is 9.59 Å². The molecule has 6 heteroatoms. The number of rotatable bonds is 4. The number of hydrogen-bond donors (Lipinski definition) is 1. The highest BCUT2D eigenvalue weighted by molar-refractivity contribution is 5.91. The van der Waals surface area contributed by atoms with Gasteiger partial charge in [0.1, 0.15) is 6.04 Å². The molecule has 1 atom stereocenters. The van der Waals surface area contributed by atoms with E-state index in [2.05, 4.69) is 5.32 Å². The predicted molar refractivity (Wildman–Crippen MR) is 79.4 cm³/mol. The van der Waals surface area contributed by atoms with E-state index in [0.29, 0.717) is 30.9 Å². The molecule has 2 aliphatic rings. The zero-order valence-electron chi connectivity index (χ0n) is 12.8. The van der Waals surface area contributed by atoms with Crippen LogP contribution < -0.4 is 14.8 Å². The molecular weight excluding hydrogens is 284 g/mol. The second kappa shape index (κ2) is 5.87. The maximum absolute atomic E-state index is 12.2. The lowest BCUT2D eigenvalue weighted by Crippen LogP contribution is -2.46. The lowest BCUT2D eigenvalue weighted by atomic mass is 10.1. The summed E-state index contributed by atoms with van der Waals surface area (Å²) in [5.41, 5.74) is 0.932. The Hall–Kier alpha value is -2.24. The molecule has 0 saturated carbocycles. The van der Waals surface area contributed by atoms with Gasteiger partial charge in [-0.05, 0) is 38.0 Å². The maximum Gasteiger partial charge on any atom is 0.243 e. The first-order valence-corrected chi connectivity index (χ1v) is 7.53. The molecule has 0 spiro atoms. The van der Waals surface area contributed by atoms with E-state index in [1.807, 2.05) is 32.0 Å². The summed E-state index contributed by atoms with van der Waals surface area (Å²) in [4.78, 5) is 26.0. The first-order valence-electron chi connectivity index (χ1n) is 7.53. The second-order valence-corrected chi connectivity index (χ2v) is 5.93. The minimum atomic E-state index is -0.389. The molecule has 1 N–H and O–H groups in total. The van der Waals surface area contributed by atoms with Gasteiger partial charge in [0.25, 0.3) is 0 Å². The Labute approximate surface area is 129 Å². The lowest BCUT2D eigenvalue weighted by Gasteiger charge is -2.25. The average Bonchev–Trinajstić information content (AvgIpc) is 3.05. The lowest BCUT2D eigenvalue weighted by molar-refractivity contribution is -0.136. The fraction of sp³-hybridized carbons (Fsp3) is 0.500. The van der Waals surface area contributed by atoms with Crippen LogP contribution in [0.2, 0.25) is 0 Å². The van der Waals surface area contributed by atoms with Crippen LogP contribution in [0.1, 0.15) is 32.3 Å². The van der Waals surface area contributed by atoms with Gasteiger partial charge in [0.2, 0.25) is 18.6 Å². The van der Waals surface area contributed by atoms with Crippen LogP contribution in [0.4, 0.5) is 0 Å². The summed E-state index contributed by atoms with van der Waals surface area (Å²) in [6.45, 7) is 4.46. The van der Waals surface area contributed by atoms with Crippen molar-refractivity contribution in [1.29, 1.82) is 0 Å². The van der Waals surface area contributed by atoms with Crippen LogP contribution in [0, 0.1) is 0 Å². The molecule has 118 valence electrons. The molecule has 0 radical (unpaired) electrons. The quantitative estimate of drug-likeness (QED) is 0.914. The van der Waals surface area contributed by atoms with Gasteiger partial charge in [-0.15, -0.1) is 0 Å². The molecule has 0 bridgehead atoms. The number of likely N-dealkylation sites (tertiary alicyclic amines) is 1. The molecule has 2 amide bonds. The normalized spacial score (nSPS) is 19.9. The third kappa shape index (κ3) is 2.86. The molecule has 1 fully saturated rings. The third-order valence-corrected chi connectivity index (χ3v) is 3.85. The Kier molecular flexibility index (Phi) is 3.92. The molecule has 0 unspecified atom stereocenters. The van der Waals surface area contributed by atoms with E-state index in [9.17, 15) is 9.59 Å². The summed E-state index contributed by atoms with van der Waals surface area (Å²) in [7, 11) is 0. The molecular formula is C16H20N2O4. The number of nitrogens with zero attached hydrogens (tertiary/aromatic N) is 1. The van der Waals surface area contributed by atoms with Crippen molar-refractivity contribution in [2.45, 2.75) is 45.3 Å². The topological polar surface area (TPSA) is 67.9 Å². The van der Waals surface area contributed by atoms with Crippen LogP contribution in [-0.2, 0) is 16.1 Å². The summed E-state index contributed by atoms with van der Waals surface area (Å²) >= 11 is 0. The fourth-order valence-electron chi connectivity index (χ4n) is 2.82. The SMILES string of the molecule is CC(C)NC(=O)[C@H]1CCC(=O)N1Cc1ccc2c(c1)OCO2. The molecule has 6 nitrogen and oxygen atoms in total. The number of benzene rings is 1. The average molecular weight is 304 g/mol. The second-order valence-electron chi connectivity index (χ2n) is 5.93. The van der Waals surface area contributed by atoms with Crippen LogP contribution in [0.15, 0.2) is 18.2 Å². The molecule has 1 aromatic carbocycles. The van der Waals surface area contributed by atoms with Gasteiger partial charge in [-0.2, -0.15) is 0 Å². The summed E-state index contributed by atoms with van der Waals surface area (Å²) in [6, 6.07) is 5.28. The van der Waals surface area contributed by atoms with Crippen LogP contribution in [0.3, 0.4) is 0 Å². The number of hydrogen-bond acceptors (Lipinski definition) is 4. The van der Waals surface area contributed by atoms with Crippen molar-refractivity contribution in [2.24, 2.45) is 0 Å². The predicted octanol–water partition coefficient (Wildman–Crippen LogP) is 1.43. The molecule has 2 aliphatic heterocycles. The van der Waals surface area contributed by atoms with E-state index in [1.165, 1.54) is 0 Å². The number of carbonyl (C=O) groups excluding carboxylic acids is 2. The highest BCUT2D eigenvalue weighted by Gasteiger charge is 2.36. The maximum atomic E-state index is 12.2. The van der Waals surface area contributed by atoms with Crippen molar-refractivity contribution in [2.75, 3.05) is 6.79 Å². The van der Waals surface area contributed by atoms with Crippen molar-refractivity contribution in [3.05, 3.63) is 23.8 Å². The number of amides is 2. The van der Waals surface area contributed by atoms with Gasteiger partial charge >= 0.3 is 0 Å². The van der Waals surface area contributed by atoms with Crippen molar-refractivity contribution < 1.29 is 19.1 Å². The number of fused-ring (bicyclic) bond motifs is 1. The summed E-state index contributed by atoms with van der Waals surface area (Å²) in [6.07, 6.45) is 0.989. The van der Waals surface area contributed by atoms with E-state index < -0.39 is 0 Å². The molecule has 0 aliphatic carbocycles. The zero-order valence-corrected chi connectivity index (χ0v) is 12.8. The summed E-state index contributed by atoms with van der Waals surface area (Å²) in [5.74, 6) is 1.33. The Morgan fingerprint density at radius 1 is 1.36 bits per heavy atom.